The first-order valence-corrected chi connectivity index (χ1v) is 6.96. The standard InChI is InChI=1S/C13H26N2OS/c1-5-8-9-10(4)15-12(16)13(6-2,7-3)11(14)17/h10H,5-9H2,1-4H3,(H2,14,17)(H,15,16). The number of nitrogens with one attached hydrogen (secondary N) is 1. The van der Waals surface area contributed by atoms with Crippen LogP contribution in [0.25, 0.3) is 0 Å². The lowest BCUT2D eigenvalue weighted by atomic mass is 9.81. The van der Waals surface area contributed by atoms with E-state index in [2.05, 4.69) is 12.2 Å². The summed E-state index contributed by atoms with van der Waals surface area (Å²) in [6.45, 7) is 8.09. The maximum atomic E-state index is 12.3. The number of hydrogen-bond acceptors (Lipinski definition) is 2. The molecule has 0 rings (SSSR count). The number of nitrogens with two attached hydrogens (primary N) is 1. The molecule has 0 radical (unpaired) electrons. The van der Waals surface area contributed by atoms with Crippen molar-refractivity contribution in [3.8, 4) is 0 Å². The molecule has 0 aromatic carbocycles. The summed E-state index contributed by atoms with van der Waals surface area (Å²) >= 11 is 5.06. The highest BCUT2D eigenvalue weighted by molar-refractivity contribution is 7.80. The summed E-state index contributed by atoms with van der Waals surface area (Å²) in [5.41, 5.74) is 5.07. The largest absolute Gasteiger partial charge is 0.392 e. The van der Waals surface area contributed by atoms with Crippen molar-refractivity contribution in [3.63, 3.8) is 0 Å². The third-order valence-corrected chi connectivity index (χ3v) is 3.87. The lowest BCUT2D eigenvalue weighted by Gasteiger charge is -2.30. The van der Waals surface area contributed by atoms with Gasteiger partial charge in [-0.1, -0.05) is 45.8 Å². The third-order valence-electron chi connectivity index (χ3n) is 3.48. The van der Waals surface area contributed by atoms with E-state index in [0.29, 0.717) is 17.8 Å². The summed E-state index contributed by atoms with van der Waals surface area (Å²) in [6, 6.07) is 0.189. The van der Waals surface area contributed by atoms with E-state index >= 15 is 0 Å². The Hall–Kier alpha value is -0.640. The molecule has 1 atom stereocenters. The summed E-state index contributed by atoms with van der Waals surface area (Å²) < 4.78 is 0. The summed E-state index contributed by atoms with van der Waals surface area (Å²) in [5.74, 6) is -0.0152. The lowest BCUT2D eigenvalue weighted by Crippen LogP contribution is -2.50. The summed E-state index contributed by atoms with van der Waals surface area (Å²) in [7, 11) is 0. The number of hydrogen-bond donors (Lipinski definition) is 2. The monoisotopic (exact) mass is 258 g/mol. The molecule has 0 aromatic heterocycles. The quantitative estimate of drug-likeness (QED) is 0.658. The molecule has 0 saturated carbocycles. The molecule has 0 fully saturated rings. The second kappa shape index (κ2) is 7.64. The first-order chi connectivity index (χ1) is 7.94. The van der Waals surface area contributed by atoms with Gasteiger partial charge in [-0.2, -0.15) is 0 Å². The van der Waals surface area contributed by atoms with Gasteiger partial charge in [-0.25, -0.2) is 0 Å². The molecule has 1 unspecified atom stereocenters. The van der Waals surface area contributed by atoms with Crippen LogP contribution in [0.3, 0.4) is 0 Å². The second-order valence-corrected chi connectivity index (χ2v) is 5.11. The SMILES string of the molecule is CCCCC(C)NC(=O)C(CC)(CC)C(N)=S. The van der Waals surface area contributed by atoms with Crippen LogP contribution in [-0.4, -0.2) is 16.9 Å². The van der Waals surface area contributed by atoms with Crippen molar-refractivity contribution in [2.24, 2.45) is 11.1 Å². The number of carbonyl (C=O) groups excluding carboxylic acids is 1. The zero-order chi connectivity index (χ0) is 13.5. The van der Waals surface area contributed by atoms with E-state index < -0.39 is 5.41 Å². The first kappa shape index (κ1) is 16.4. The van der Waals surface area contributed by atoms with Crippen molar-refractivity contribution >= 4 is 23.1 Å². The fourth-order valence-electron chi connectivity index (χ4n) is 1.98. The predicted octanol–water partition coefficient (Wildman–Crippen LogP) is 2.77. The minimum Gasteiger partial charge on any atom is -0.392 e. The van der Waals surface area contributed by atoms with E-state index in [1.54, 1.807) is 0 Å². The lowest BCUT2D eigenvalue weighted by molar-refractivity contribution is -0.128. The molecule has 0 bridgehead atoms. The Labute approximate surface area is 111 Å². The van der Waals surface area contributed by atoms with E-state index in [0.717, 1.165) is 19.3 Å². The van der Waals surface area contributed by atoms with Gasteiger partial charge < -0.3 is 11.1 Å². The van der Waals surface area contributed by atoms with Crippen LogP contribution in [0.2, 0.25) is 0 Å². The molecule has 0 aliphatic carbocycles. The zero-order valence-electron chi connectivity index (χ0n) is 11.5. The fraction of sp³-hybridized carbons (Fsp3) is 0.846. The fourth-order valence-corrected chi connectivity index (χ4v) is 2.36. The minimum absolute atomic E-state index is 0.0152. The summed E-state index contributed by atoms with van der Waals surface area (Å²) in [6.07, 6.45) is 4.58. The highest BCUT2D eigenvalue weighted by Crippen LogP contribution is 2.27. The van der Waals surface area contributed by atoms with Gasteiger partial charge in [-0.15, -0.1) is 0 Å². The maximum Gasteiger partial charge on any atom is 0.233 e. The van der Waals surface area contributed by atoms with Gasteiger partial charge in [0.05, 0.1) is 10.4 Å². The van der Waals surface area contributed by atoms with Gasteiger partial charge in [0, 0.05) is 6.04 Å². The molecule has 0 saturated heterocycles. The number of carbonyl (C=O) groups is 1. The smallest absolute Gasteiger partial charge is 0.233 e. The first-order valence-electron chi connectivity index (χ1n) is 6.55. The Kier molecular flexibility index (Phi) is 7.35. The van der Waals surface area contributed by atoms with Gasteiger partial charge in [-0.3, -0.25) is 4.79 Å². The van der Waals surface area contributed by atoms with E-state index in [-0.39, 0.29) is 11.9 Å². The van der Waals surface area contributed by atoms with Gasteiger partial charge >= 0.3 is 0 Å². The highest BCUT2D eigenvalue weighted by Gasteiger charge is 2.38. The average molecular weight is 258 g/mol. The van der Waals surface area contributed by atoms with Crippen molar-refractivity contribution in [2.45, 2.75) is 65.8 Å². The van der Waals surface area contributed by atoms with Gasteiger partial charge in [-0.05, 0) is 26.2 Å². The summed E-state index contributed by atoms with van der Waals surface area (Å²) in [5, 5.41) is 3.03. The molecule has 0 heterocycles. The van der Waals surface area contributed by atoms with Crippen molar-refractivity contribution < 1.29 is 4.79 Å². The van der Waals surface area contributed by atoms with Crippen LogP contribution in [0.1, 0.15) is 59.8 Å². The molecular formula is C13H26N2OS. The van der Waals surface area contributed by atoms with Gasteiger partial charge in [0.25, 0.3) is 0 Å². The Bertz CT molecular complexity index is 262. The maximum absolute atomic E-state index is 12.3. The Morgan fingerprint density at radius 3 is 2.24 bits per heavy atom. The Morgan fingerprint density at radius 1 is 1.35 bits per heavy atom. The van der Waals surface area contributed by atoms with Gasteiger partial charge in [0.1, 0.15) is 0 Å². The molecule has 0 aromatic rings. The van der Waals surface area contributed by atoms with Gasteiger partial charge in [0.15, 0.2) is 0 Å². The van der Waals surface area contributed by atoms with Crippen LogP contribution >= 0.6 is 12.2 Å². The molecule has 0 aliphatic heterocycles. The van der Waals surface area contributed by atoms with Crippen molar-refractivity contribution in [1.29, 1.82) is 0 Å². The van der Waals surface area contributed by atoms with Crippen LogP contribution in [0.5, 0.6) is 0 Å². The van der Waals surface area contributed by atoms with E-state index in [1.165, 1.54) is 0 Å². The average Bonchev–Trinajstić information content (AvgIpc) is 2.28. The topological polar surface area (TPSA) is 55.1 Å². The molecular weight excluding hydrogens is 232 g/mol. The Balaban J connectivity index is 4.59. The van der Waals surface area contributed by atoms with Crippen molar-refractivity contribution in [2.75, 3.05) is 0 Å². The molecule has 3 N–H and O–H groups in total. The van der Waals surface area contributed by atoms with E-state index in [4.69, 9.17) is 18.0 Å². The molecule has 1 amide bonds. The zero-order valence-corrected chi connectivity index (χ0v) is 12.3. The molecule has 3 nitrogen and oxygen atoms in total. The van der Waals surface area contributed by atoms with Crippen LogP contribution < -0.4 is 11.1 Å². The van der Waals surface area contributed by atoms with Gasteiger partial charge in [0.2, 0.25) is 5.91 Å². The molecule has 0 aliphatic rings. The molecule has 0 spiro atoms. The van der Waals surface area contributed by atoms with Crippen molar-refractivity contribution in [1.82, 2.24) is 5.32 Å². The van der Waals surface area contributed by atoms with E-state index in [1.807, 2.05) is 20.8 Å². The van der Waals surface area contributed by atoms with Crippen LogP contribution in [-0.2, 0) is 4.79 Å². The van der Waals surface area contributed by atoms with Crippen LogP contribution in [0, 0.1) is 5.41 Å². The van der Waals surface area contributed by atoms with Crippen LogP contribution in [0.4, 0.5) is 0 Å². The summed E-state index contributed by atoms with van der Waals surface area (Å²) in [4.78, 5) is 12.6. The number of amides is 1. The van der Waals surface area contributed by atoms with Crippen molar-refractivity contribution in [3.05, 3.63) is 0 Å². The number of rotatable bonds is 8. The Morgan fingerprint density at radius 2 is 1.88 bits per heavy atom. The highest BCUT2D eigenvalue weighted by atomic mass is 32.1. The molecule has 4 heteroatoms. The normalized spacial score (nSPS) is 13.2. The third kappa shape index (κ3) is 4.26. The number of unbranched alkanes of at least 4 members (excludes halogenated alkanes) is 1. The van der Waals surface area contributed by atoms with Crippen LogP contribution in [0.15, 0.2) is 0 Å². The molecule has 100 valence electrons. The number of thiocarbonyl (C=S) groups is 1. The minimum atomic E-state index is -0.671. The molecule has 17 heavy (non-hydrogen) atoms. The van der Waals surface area contributed by atoms with E-state index in [9.17, 15) is 4.79 Å². The predicted molar refractivity (Wildman–Crippen MR) is 76.9 cm³/mol. The second-order valence-electron chi connectivity index (χ2n) is 4.67.